The molecule has 0 spiro atoms. The highest BCUT2D eigenvalue weighted by atomic mass is 16.2. The van der Waals surface area contributed by atoms with Crippen LogP contribution < -0.4 is 4.90 Å². The van der Waals surface area contributed by atoms with E-state index in [1.807, 2.05) is 69.3 Å². The third-order valence-electron chi connectivity index (χ3n) is 8.73. The van der Waals surface area contributed by atoms with Crippen molar-refractivity contribution in [3.8, 4) is 16.8 Å². The Kier molecular flexibility index (Phi) is 7.05. The second-order valence-electron chi connectivity index (χ2n) is 11.7. The molecule has 1 aliphatic rings. The van der Waals surface area contributed by atoms with E-state index in [1.165, 1.54) is 4.90 Å². The predicted molar refractivity (Wildman–Crippen MR) is 188 cm³/mol. The van der Waals surface area contributed by atoms with Crippen molar-refractivity contribution in [1.29, 1.82) is 0 Å². The number of rotatable bonds is 6. The summed E-state index contributed by atoms with van der Waals surface area (Å²) >= 11 is 0. The monoisotopic (exact) mass is 600 g/mol. The van der Waals surface area contributed by atoms with Gasteiger partial charge in [0.2, 0.25) is 0 Å². The van der Waals surface area contributed by atoms with E-state index in [2.05, 4.69) is 57.5 Å². The van der Waals surface area contributed by atoms with Crippen LogP contribution in [0.4, 0.5) is 5.69 Å². The highest BCUT2D eigenvalue weighted by molar-refractivity contribution is 6.36. The minimum absolute atomic E-state index is 0.307. The molecule has 0 bridgehead atoms. The second-order valence-corrected chi connectivity index (χ2v) is 11.7. The quantitative estimate of drug-likeness (QED) is 0.109. The second kappa shape index (κ2) is 11.2. The summed E-state index contributed by atoms with van der Waals surface area (Å²) in [6.07, 6.45) is 9.09. The van der Waals surface area contributed by atoms with Crippen LogP contribution >= 0.6 is 0 Å². The maximum atomic E-state index is 14.4. The first kappa shape index (κ1) is 28.9. The van der Waals surface area contributed by atoms with Gasteiger partial charge in [0.15, 0.2) is 0 Å². The summed E-state index contributed by atoms with van der Waals surface area (Å²) < 4.78 is 2.11. The fraction of sp³-hybridized carbons (Fsp3) is 0.100. The number of benzene rings is 4. The van der Waals surface area contributed by atoms with Gasteiger partial charge in [0, 0.05) is 36.4 Å². The minimum atomic E-state index is -0.318. The molecule has 7 rings (SSSR count). The molecule has 0 aliphatic carbocycles. The van der Waals surface area contributed by atoms with Crippen LogP contribution in [0.2, 0.25) is 0 Å². The molecule has 2 aromatic heterocycles. The number of hydrogen-bond donors (Lipinski definition) is 0. The zero-order valence-electron chi connectivity index (χ0n) is 26.2. The highest BCUT2D eigenvalue weighted by Crippen LogP contribution is 2.41. The standard InChI is InChI=1S/C40H32N4O2/c1-6-27(14-17-41-5)29-10-12-34-32(22-29)33-23-30(28-15-18-42-19-16-28)11-13-35(33)43(34)36-9-7-8-31-37(36)40(46)44(39(31)45)38-25(3)20-24(2)21-26(38)4/h6-23H,1H2,2-5H3/b27-14+,41-17?. The van der Waals surface area contributed by atoms with Crippen LogP contribution in [-0.4, -0.2) is 34.6 Å². The normalized spacial score (nSPS) is 13.4. The first-order valence-electron chi connectivity index (χ1n) is 15.2. The van der Waals surface area contributed by atoms with Crippen LogP contribution in [0.1, 0.15) is 43.0 Å². The molecular weight excluding hydrogens is 568 g/mol. The van der Waals surface area contributed by atoms with Crippen LogP contribution in [0.25, 0.3) is 44.2 Å². The lowest BCUT2D eigenvalue weighted by atomic mass is 10.0. The zero-order valence-corrected chi connectivity index (χ0v) is 26.2. The molecule has 6 aromatic rings. The summed E-state index contributed by atoms with van der Waals surface area (Å²) in [5, 5.41) is 2.04. The summed E-state index contributed by atoms with van der Waals surface area (Å²) in [5.74, 6) is -0.625. The lowest BCUT2D eigenvalue weighted by Gasteiger charge is -2.20. The summed E-state index contributed by atoms with van der Waals surface area (Å²) in [6.45, 7) is 9.94. The fourth-order valence-electron chi connectivity index (χ4n) is 6.81. The molecule has 0 N–H and O–H groups in total. The van der Waals surface area contributed by atoms with E-state index in [-0.39, 0.29) is 11.8 Å². The number of aliphatic imine (C=N–C) groups is 1. The van der Waals surface area contributed by atoms with E-state index < -0.39 is 0 Å². The molecule has 0 unspecified atom stereocenters. The summed E-state index contributed by atoms with van der Waals surface area (Å²) in [4.78, 5) is 38.0. The Labute approximate surface area is 267 Å². The van der Waals surface area contributed by atoms with Gasteiger partial charge in [-0.1, -0.05) is 48.6 Å². The van der Waals surface area contributed by atoms with Crippen molar-refractivity contribution in [1.82, 2.24) is 9.55 Å². The van der Waals surface area contributed by atoms with Gasteiger partial charge in [0.1, 0.15) is 0 Å². The largest absolute Gasteiger partial charge is 0.308 e. The summed E-state index contributed by atoms with van der Waals surface area (Å²) in [7, 11) is 1.74. The molecule has 3 heterocycles. The van der Waals surface area contributed by atoms with E-state index in [4.69, 9.17) is 0 Å². The number of aryl methyl sites for hydroxylation is 3. The molecular formula is C40H32N4O2. The molecule has 0 fully saturated rings. The van der Waals surface area contributed by atoms with Crippen molar-refractivity contribution in [2.24, 2.45) is 4.99 Å². The average Bonchev–Trinajstić information content (AvgIpc) is 3.51. The first-order valence-corrected chi connectivity index (χ1v) is 15.2. The fourth-order valence-corrected chi connectivity index (χ4v) is 6.81. The van der Waals surface area contributed by atoms with Gasteiger partial charge in [-0.15, -0.1) is 0 Å². The van der Waals surface area contributed by atoms with E-state index >= 15 is 0 Å². The predicted octanol–water partition coefficient (Wildman–Crippen LogP) is 8.84. The lowest BCUT2D eigenvalue weighted by Crippen LogP contribution is -2.31. The molecule has 46 heavy (non-hydrogen) atoms. The number of aromatic nitrogens is 2. The molecule has 0 atom stereocenters. The number of nitrogens with zero attached hydrogens (tertiary/aromatic N) is 4. The van der Waals surface area contributed by atoms with Crippen molar-refractivity contribution in [2.75, 3.05) is 11.9 Å². The van der Waals surface area contributed by atoms with E-state index in [9.17, 15) is 9.59 Å². The lowest BCUT2D eigenvalue weighted by molar-refractivity contribution is 0.0925. The number of imide groups is 1. The third kappa shape index (κ3) is 4.49. The molecule has 0 radical (unpaired) electrons. The number of hydrogen-bond acceptors (Lipinski definition) is 4. The number of amides is 2. The Morgan fingerprint density at radius 1 is 0.804 bits per heavy atom. The Hall–Kier alpha value is -5.88. The Morgan fingerprint density at radius 3 is 2.20 bits per heavy atom. The molecule has 0 saturated carbocycles. The topological polar surface area (TPSA) is 67.6 Å². The maximum Gasteiger partial charge on any atom is 0.268 e. The minimum Gasteiger partial charge on any atom is -0.308 e. The van der Waals surface area contributed by atoms with Crippen molar-refractivity contribution in [3.63, 3.8) is 0 Å². The van der Waals surface area contributed by atoms with Crippen molar-refractivity contribution in [2.45, 2.75) is 20.8 Å². The van der Waals surface area contributed by atoms with Crippen LogP contribution in [0.5, 0.6) is 0 Å². The van der Waals surface area contributed by atoms with E-state index in [0.29, 0.717) is 22.5 Å². The zero-order chi connectivity index (χ0) is 32.1. The van der Waals surface area contributed by atoms with E-state index in [1.54, 1.807) is 31.7 Å². The molecule has 6 nitrogen and oxygen atoms in total. The average molecular weight is 601 g/mol. The van der Waals surface area contributed by atoms with Gasteiger partial charge in [-0.2, -0.15) is 0 Å². The van der Waals surface area contributed by atoms with Crippen LogP contribution in [0, 0.1) is 20.8 Å². The Bertz CT molecular complexity index is 2280. The molecule has 4 aromatic carbocycles. The summed E-state index contributed by atoms with van der Waals surface area (Å²) in [6, 6.07) is 26.2. The number of fused-ring (bicyclic) bond motifs is 4. The van der Waals surface area contributed by atoms with Gasteiger partial charge < -0.3 is 4.57 Å². The number of pyridine rings is 1. The van der Waals surface area contributed by atoms with Gasteiger partial charge in [-0.05, 0) is 109 Å². The number of allylic oxidation sites excluding steroid dienone is 3. The van der Waals surface area contributed by atoms with Gasteiger partial charge in [0.05, 0.1) is 33.5 Å². The van der Waals surface area contributed by atoms with Gasteiger partial charge in [-0.3, -0.25) is 19.6 Å². The van der Waals surface area contributed by atoms with Crippen molar-refractivity contribution >= 4 is 51.1 Å². The van der Waals surface area contributed by atoms with Gasteiger partial charge in [0.25, 0.3) is 11.8 Å². The smallest absolute Gasteiger partial charge is 0.268 e. The van der Waals surface area contributed by atoms with Crippen molar-refractivity contribution in [3.05, 3.63) is 143 Å². The van der Waals surface area contributed by atoms with E-state index in [0.717, 1.165) is 60.8 Å². The maximum absolute atomic E-state index is 14.4. The third-order valence-corrected chi connectivity index (χ3v) is 8.73. The van der Waals surface area contributed by atoms with Crippen LogP contribution in [0.3, 0.4) is 0 Å². The van der Waals surface area contributed by atoms with Crippen LogP contribution in [-0.2, 0) is 0 Å². The molecule has 1 aliphatic heterocycles. The Balaban J connectivity index is 1.50. The van der Waals surface area contributed by atoms with Crippen molar-refractivity contribution < 1.29 is 9.59 Å². The molecule has 6 heteroatoms. The molecule has 0 saturated heterocycles. The highest BCUT2D eigenvalue weighted by Gasteiger charge is 2.40. The molecule has 224 valence electrons. The first-order chi connectivity index (χ1) is 22.3. The molecule has 2 amide bonds. The SMILES string of the molecule is C=C/C(=C\C=NC)c1ccc2c(c1)c1cc(-c3ccncc3)ccc1n2-c1cccc2c1C(=O)N(c1c(C)cc(C)cc1C)C2=O. The summed E-state index contributed by atoms with van der Waals surface area (Å²) in [5.41, 5.74) is 10.9. The van der Waals surface area contributed by atoms with Gasteiger partial charge in [-0.25, -0.2) is 4.90 Å². The van der Waals surface area contributed by atoms with Crippen LogP contribution in [0.15, 0.2) is 115 Å². The Morgan fingerprint density at radius 2 is 1.50 bits per heavy atom. The number of carbonyl (C=O) groups excluding carboxylic acids is 2. The van der Waals surface area contributed by atoms with Gasteiger partial charge >= 0.3 is 0 Å². The number of carbonyl (C=O) groups is 2. The number of anilines is 1.